The number of aromatic amines is 1. The first-order valence-electron chi connectivity index (χ1n) is 6.57. The molecule has 0 spiro atoms. The number of hydrogen-bond donors (Lipinski definition) is 2. The second kappa shape index (κ2) is 5.88. The Balaban J connectivity index is 1.97. The van der Waals surface area contributed by atoms with E-state index in [0.717, 1.165) is 19.0 Å². The Morgan fingerprint density at radius 2 is 2.14 bits per heavy atom. The predicted molar refractivity (Wildman–Crippen MR) is 70.0 cm³/mol. The summed E-state index contributed by atoms with van der Waals surface area (Å²) in [5.74, 6) is -0.638. The summed E-state index contributed by atoms with van der Waals surface area (Å²) < 4.78 is 37.8. The maximum Gasteiger partial charge on any atom is 0.421 e. The van der Waals surface area contributed by atoms with Crippen LogP contribution in [0, 0.1) is 0 Å². The molecule has 0 bridgehead atoms. The molecule has 1 aromatic heterocycles. The lowest BCUT2D eigenvalue weighted by molar-refractivity contribution is -0.138. The number of likely N-dealkylation sites (N-methyl/N-ethyl adjacent to an activating group) is 1. The van der Waals surface area contributed by atoms with Crippen LogP contribution in [0.25, 0.3) is 0 Å². The van der Waals surface area contributed by atoms with Gasteiger partial charge in [-0.25, -0.2) is 0 Å². The molecule has 2 rings (SSSR count). The summed E-state index contributed by atoms with van der Waals surface area (Å²) in [6.07, 6.45) is -1.52. The van der Waals surface area contributed by atoms with Crippen molar-refractivity contribution in [3.63, 3.8) is 0 Å². The highest BCUT2D eigenvalue weighted by molar-refractivity contribution is 5.94. The van der Waals surface area contributed by atoms with Crippen LogP contribution in [-0.2, 0) is 6.18 Å². The van der Waals surface area contributed by atoms with Crippen molar-refractivity contribution in [2.75, 3.05) is 20.1 Å². The fourth-order valence-corrected chi connectivity index (χ4v) is 1.97. The number of nitrogens with one attached hydrogen (secondary N) is 2. The molecule has 5 nitrogen and oxygen atoms in total. The maximum absolute atomic E-state index is 12.6. The van der Waals surface area contributed by atoms with E-state index in [1.54, 1.807) is 0 Å². The van der Waals surface area contributed by atoms with E-state index >= 15 is 0 Å². The van der Waals surface area contributed by atoms with E-state index in [4.69, 9.17) is 0 Å². The number of carbonyl (C=O) groups is 1. The van der Waals surface area contributed by atoms with Gasteiger partial charge < -0.3 is 15.2 Å². The SMILES string of the molecule is CN(CCNC(=O)c1c[nH]c(=O)c(C(F)(F)F)c1)C1CC1. The van der Waals surface area contributed by atoms with Gasteiger partial charge in [0, 0.05) is 25.3 Å². The van der Waals surface area contributed by atoms with Crippen LogP contribution in [0.2, 0.25) is 0 Å². The molecule has 0 atom stereocenters. The van der Waals surface area contributed by atoms with Gasteiger partial charge in [0.15, 0.2) is 0 Å². The van der Waals surface area contributed by atoms with Crippen LogP contribution < -0.4 is 10.9 Å². The first kappa shape index (κ1) is 15.6. The van der Waals surface area contributed by atoms with E-state index in [9.17, 15) is 22.8 Å². The molecule has 8 heteroatoms. The number of nitrogens with zero attached hydrogens (tertiary/aromatic N) is 1. The first-order valence-corrected chi connectivity index (χ1v) is 6.57. The third kappa shape index (κ3) is 4.07. The number of alkyl halides is 3. The minimum absolute atomic E-state index is 0.212. The minimum Gasteiger partial charge on any atom is -0.351 e. The van der Waals surface area contributed by atoms with Crippen LogP contribution >= 0.6 is 0 Å². The number of aromatic nitrogens is 1. The standard InChI is InChI=1S/C13H16F3N3O2/c1-19(9-2-3-9)5-4-17-11(20)8-6-10(13(14,15)16)12(21)18-7-8/h6-7,9H,2-5H2,1H3,(H,17,20)(H,18,21). The fourth-order valence-electron chi connectivity index (χ4n) is 1.97. The summed E-state index contributed by atoms with van der Waals surface area (Å²) in [5.41, 5.74) is -2.84. The average Bonchev–Trinajstić information content (AvgIpc) is 3.21. The summed E-state index contributed by atoms with van der Waals surface area (Å²) in [6, 6.07) is 1.12. The van der Waals surface area contributed by atoms with Crippen molar-refractivity contribution in [2.45, 2.75) is 25.1 Å². The molecule has 1 aliphatic rings. The Bertz CT molecular complexity index is 579. The molecule has 0 saturated heterocycles. The molecule has 21 heavy (non-hydrogen) atoms. The van der Waals surface area contributed by atoms with E-state index < -0.39 is 23.2 Å². The Hall–Kier alpha value is -1.83. The second-order valence-electron chi connectivity index (χ2n) is 5.10. The van der Waals surface area contributed by atoms with E-state index in [-0.39, 0.29) is 5.56 Å². The van der Waals surface area contributed by atoms with Gasteiger partial charge >= 0.3 is 6.18 Å². The van der Waals surface area contributed by atoms with E-state index in [2.05, 4.69) is 10.2 Å². The fraction of sp³-hybridized carbons (Fsp3) is 0.538. The highest BCUT2D eigenvalue weighted by Gasteiger charge is 2.34. The number of pyridine rings is 1. The zero-order valence-electron chi connectivity index (χ0n) is 11.5. The number of halogens is 3. The molecular weight excluding hydrogens is 287 g/mol. The molecule has 1 amide bonds. The molecule has 0 aliphatic heterocycles. The van der Waals surface area contributed by atoms with Gasteiger partial charge in [0.25, 0.3) is 11.5 Å². The molecular formula is C13H16F3N3O2. The third-order valence-corrected chi connectivity index (χ3v) is 3.39. The highest BCUT2D eigenvalue weighted by Crippen LogP contribution is 2.26. The van der Waals surface area contributed by atoms with Crippen LogP contribution in [-0.4, -0.2) is 42.0 Å². The number of amides is 1. The highest BCUT2D eigenvalue weighted by atomic mass is 19.4. The van der Waals surface area contributed by atoms with Crippen LogP contribution in [0.4, 0.5) is 13.2 Å². The van der Waals surface area contributed by atoms with Crippen LogP contribution in [0.15, 0.2) is 17.1 Å². The quantitative estimate of drug-likeness (QED) is 0.859. The van der Waals surface area contributed by atoms with Crippen molar-refractivity contribution in [1.29, 1.82) is 0 Å². The predicted octanol–water partition coefficient (Wildman–Crippen LogP) is 1.22. The van der Waals surface area contributed by atoms with Crippen LogP contribution in [0.3, 0.4) is 0 Å². The van der Waals surface area contributed by atoms with E-state index in [1.807, 2.05) is 12.0 Å². The molecule has 1 aliphatic carbocycles. The molecule has 1 saturated carbocycles. The Labute approximate surface area is 119 Å². The van der Waals surface area contributed by atoms with E-state index in [0.29, 0.717) is 25.2 Å². The summed E-state index contributed by atoms with van der Waals surface area (Å²) in [7, 11) is 1.94. The van der Waals surface area contributed by atoms with Gasteiger partial charge in [-0.3, -0.25) is 9.59 Å². The maximum atomic E-state index is 12.6. The normalized spacial score (nSPS) is 15.3. The topological polar surface area (TPSA) is 65.2 Å². The van der Waals surface area contributed by atoms with Crippen molar-refractivity contribution < 1.29 is 18.0 Å². The van der Waals surface area contributed by atoms with Crippen molar-refractivity contribution >= 4 is 5.91 Å². The lowest BCUT2D eigenvalue weighted by Crippen LogP contribution is -2.34. The Morgan fingerprint density at radius 1 is 1.48 bits per heavy atom. The largest absolute Gasteiger partial charge is 0.421 e. The first-order chi connectivity index (χ1) is 9.79. The van der Waals surface area contributed by atoms with Gasteiger partial charge in [0.1, 0.15) is 5.56 Å². The molecule has 1 fully saturated rings. The lowest BCUT2D eigenvalue weighted by Gasteiger charge is -2.15. The van der Waals surface area contributed by atoms with Crippen molar-refractivity contribution in [3.05, 3.63) is 33.7 Å². The van der Waals surface area contributed by atoms with Gasteiger partial charge in [0.2, 0.25) is 0 Å². The summed E-state index contributed by atoms with van der Waals surface area (Å²) in [5, 5.41) is 2.54. The van der Waals surface area contributed by atoms with Crippen molar-refractivity contribution in [1.82, 2.24) is 15.2 Å². The molecule has 0 radical (unpaired) electrons. The zero-order chi connectivity index (χ0) is 15.6. The molecule has 1 aromatic rings. The van der Waals surface area contributed by atoms with Crippen molar-refractivity contribution in [3.8, 4) is 0 Å². The smallest absolute Gasteiger partial charge is 0.351 e. The van der Waals surface area contributed by atoms with Gasteiger partial charge in [-0.15, -0.1) is 0 Å². The zero-order valence-corrected chi connectivity index (χ0v) is 11.5. The number of carbonyl (C=O) groups excluding carboxylic acids is 1. The Morgan fingerprint density at radius 3 is 2.71 bits per heavy atom. The van der Waals surface area contributed by atoms with Gasteiger partial charge in [-0.05, 0) is 26.0 Å². The third-order valence-electron chi connectivity index (χ3n) is 3.39. The molecule has 1 heterocycles. The summed E-state index contributed by atoms with van der Waals surface area (Å²) in [4.78, 5) is 26.9. The average molecular weight is 303 g/mol. The Kier molecular flexibility index (Phi) is 4.36. The van der Waals surface area contributed by atoms with Crippen LogP contribution in [0.5, 0.6) is 0 Å². The molecule has 116 valence electrons. The second-order valence-corrected chi connectivity index (χ2v) is 5.10. The number of rotatable bonds is 5. The monoisotopic (exact) mass is 303 g/mol. The van der Waals surface area contributed by atoms with Gasteiger partial charge in [-0.2, -0.15) is 13.2 Å². The van der Waals surface area contributed by atoms with Gasteiger partial charge in [0.05, 0.1) is 5.56 Å². The van der Waals surface area contributed by atoms with Crippen LogP contribution in [0.1, 0.15) is 28.8 Å². The molecule has 2 N–H and O–H groups in total. The van der Waals surface area contributed by atoms with E-state index in [1.165, 1.54) is 0 Å². The van der Waals surface area contributed by atoms with Gasteiger partial charge in [-0.1, -0.05) is 0 Å². The summed E-state index contributed by atoms with van der Waals surface area (Å²) >= 11 is 0. The lowest BCUT2D eigenvalue weighted by atomic mass is 10.2. The molecule has 0 unspecified atom stereocenters. The number of H-pyrrole nitrogens is 1. The number of hydrogen-bond acceptors (Lipinski definition) is 3. The minimum atomic E-state index is -4.78. The summed E-state index contributed by atoms with van der Waals surface area (Å²) in [6.45, 7) is 0.970. The van der Waals surface area contributed by atoms with Crippen molar-refractivity contribution in [2.24, 2.45) is 0 Å². The molecule has 0 aromatic carbocycles.